The van der Waals surface area contributed by atoms with Crippen LogP contribution in [0.25, 0.3) is 22.4 Å². The minimum atomic E-state index is 0.726. The van der Waals surface area contributed by atoms with E-state index in [-0.39, 0.29) is 0 Å². The molecule has 1 aromatic heterocycles. The topological polar surface area (TPSA) is 63.9 Å². The van der Waals surface area contributed by atoms with E-state index in [0.29, 0.717) is 0 Å². The van der Waals surface area contributed by atoms with Crippen molar-refractivity contribution in [1.29, 1.82) is 0 Å². The van der Waals surface area contributed by atoms with Crippen LogP contribution in [0.1, 0.15) is 5.56 Å². The Balaban J connectivity index is 2.13. The van der Waals surface area contributed by atoms with E-state index in [1.807, 2.05) is 43.3 Å². The molecule has 4 heteroatoms. The molecule has 0 bridgehead atoms. The first-order valence-corrected chi connectivity index (χ1v) is 6.07. The second-order valence-electron chi connectivity index (χ2n) is 4.55. The van der Waals surface area contributed by atoms with Crippen molar-refractivity contribution in [2.45, 2.75) is 6.92 Å². The molecule has 2 aromatic carbocycles. The molecule has 0 saturated carbocycles. The van der Waals surface area contributed by atoms with Gasteiger partial charge in [-0.25, -0.2) is 4.98 Å². The Morgan fingerprint density at radius 1 is 1.16 bits per heavy atom. The number of methoxy groups -OCH3 is 1. The van der Waals surface area contributed by atoms with E-state index in [0.717, 1.165) is 39.4 Å². The summed E-state index contributed by atoms with van der Waals surface area (Å²) >= 11 is 0. The number of H-pyrrole nitrogens is 1. The number of nitrogen functional groups attached to an aromatic ring is 1. The van der Waals surface area contributed by atoms with Crippen molar-refractivity contribution in [3.63, 3.8) is 0 Å². The van der Waals surface area contributed by atoms with E-state index in [1.165, 1.54) is 0 Å². The number of fused-ring (bicyclic) bond motifs is 1. The van der Waals surface area contributed by atoms with Crippen LogP contribution in [0.4, 0.5) is 5.69 Å². The van der Waals surface area contributed by atoms with Gasteiger partial charge in [0.2, 0.25) is 0 Å². The van der Waals surface area contributed by atoms with Crippen LogP contribution in [0, 0.1) is 6.92 Å². The SMILES string of the molecule is COc1cc(-c2nc3ccc(N)cc3[nH]2)ccc1C. The van der Waals surface area contributed by atoms with Gasteiger partial charge in [0.25, 0.3) is 0 Å². The van der Waals surface area contributed by atoms with Gasteiger partial charge < -0.3 is 15.5 Å². The van der Waals surface area contributed by atoms with Crippen LogP contribution in [-0.2, 0) is 0 Å². The standard InChI is InChI=1S/C15H15N3O/c1-9-3-4-10(7-14(9)19-2)15-17-12-6-5-11(16)8-13(12)18-15/h3-8H,16H2,1-2H3,(H,17,18). The molecule has 0 aliphatic heterocycles. The number of hydrogen-bond donors (Lipinski definition) is 2. The molecule has 3 rings (SSSR count). The van der Waals surface area contributed by atoms with Gasteiger partial charge in [0, 0.05) is 11.3 Å². The lowest BCUT2D eigenvalue weighted by molar-refractivity contribution is 0.412. The highest BCUT2D eigenvalue weighted by atomic mass is 16.5. The van der Waals surface area contributed by atoms with Crippen molar-refractivity contribution in [1.82, 2.24) is 9.97 Å². The second-order valence-corrected chi connectivity index (χ2v) is 4.55. The molecular formula is C15H15N3O. The number of ether oxygens (including phenoxy) is 1. The maximum absolute atomic E-state index is 5.77. The second kappa shape index (κ2) is 4.31. The molecule has 0 spiro atoms. The number of nitrogens with two attached hydrogens (primary N) is 1. The average molecular weight is 253 g/mol. The molecule has 3 N–H and O–H groups in total. The molecule has 4 nitrogen and oxygen atoms in total. The summed E-state index contributed by atoms with van der Waals surface area (Å²) in [5.74, 6) is 1.68. The minimum Gasteiger partial charge on any atom is -0.496 e. The highest BCUT2D eigenvalue weighted by Crippen LogP contribution is 2.27. The van der Waals surface area contributed by atoms with Crippen molar-refractivity contribution >= 4 is 16.7 Å². The van der Waals surface area contributed by atoms with Crippen LogP contribution in [0.5, 0.6) is 5.75 Å². The Kier molecular flexibility index (Phi) is 2.63. The Morgan fingerprint density at radius 3 is 2.79 bits per heavy atom. The number of aryl methyl sites for hydroxylation is 1. The lowest BCUT2D eigenvalue weighted by atomic mass is 10.1. The normalized spacial score (nSPS) is 10.8. The zero-order valence-electron chi connectivity index (χ0n) is 10.9. The summed E-state index contributed by atoms with van der Waals surface area (Å²) in [5, 5.41) is 0. The number of benzene rings is 2. The van der Waals surface area contributed by atoms with Crippen LogP contribution >= 0.6 is 0 Å². The van der Waals surface area contributed by atoms with Crippen molar-refractivity contribution in [3.05, 3.63) is 42.0 Å². The highest BCUT2D eigenvalue weighted by Gasteiger charge is 2.07. The average Bonchev–Trinajstić information content (AvgIpc) is 2.82. The van der Waals surface area contributed by atoms with Crippen LogP contribution in [0.3, 0.4) is 0 Å². The van der Waals surface area contributed by atoms with Crippen molar-refractivity contribution in [2.24, 2.45) is 0 Å². The fourth-order valence-corrected chi connectivity index (χ4v) is 2.13. The summed E-state index contributed by atoms with van der Waals surface area (Å²) in [6.45, 7) is 2.02. The maximum atomic E-state index is 5.77. The third-order valence-corrected chi connectivity index (χ3v) is 3.19. The number of nitrogens with zero attached hydrogens (tertiary/aromatic N) is 1. The first kappa shape index (κ1) is 11.6. The molecule has 0 aliphatic carbocycles. The molecule has 0 saturated heterocycles. The maximum Gasteiger partial charge on any atom is 0.138 e. The highest BCUT2D eigenvalue weighted by molar-refractivity contribution is 5.82. The predicted molar refractivity (Wildman–Crippen MR) is 77.2 cm³/mol. The van der Waals surface area contributed by atoms with Gasteiger partial charge in [0.1, 0.15) is 11.6 Å². The number of imidazole rings is 1. The van der Waals surface area contributed by atoms with E-state index in [1.54, 1.807) is 7.11 Å². The number of nitrogens with one attached hydrogen (secondary N) is 1. The largest absolute Gasteiger partial charge is 0.496 e. The lowest BCUT2D eigenvalue weighted by Crippen LogP contribution is -1.88. The van der Waals surface area contributed by atoms with Gasteiger partial charge in [-0.3, -0.25) is 0 Å². The van der Waals surface area contributed by atoms with Gasteiger partial charge in [-0.1, -0.05) is 12.1 Å². The molecule has 96 valence electrons. The summed E-state index contributed by atoms with van der Waals surface area (Å²) in [6, 6.07) is 11.7. The molecular weight excluding hydrogens is 238 g/mol. The van der Waals surface area contributed by atoms with Gasteiger partial charge in [-0.05, 0) is 36.8 Å². The fraction of sp³-hybridized carbons (Fsp3) is 0.133. The molecule has 0 radical (unpaired) electrons. The van der Waals surface area contributed by atoms with Crippen LogP contribution in [0.2, 0.25) is 0 Å². The summed E-state index contributed by atoms with van der Waals surface area (Å²) in [4.78, 5) is 7.84. The van der Waals surface area contributed by atoms with E-state index in [2.05, 4.69) is 9.97 Å². The number of anilines is 1. The zero-order valence-corrected chi connectivity index (χ0v) is 10.9. The van der Waals surface area contributed by atoms with E-state index in [4.69, 9.17) is 10.5 Å². The third kappa shape index (κ3) is 2.01. The Labute approximate surface area is 111 Å². The minimum absolute atomic E-state index is 0.726. The third-order valence-electron chi connectivity index (χ3n) is 3.19. The van der Waals surface area contributed by atoms with Crippen LogP contribution in [0.15, 0.2) is 36.4 Å². The van der Waals surface area contributed by atoms with Crippen LogP contribution in [-0.4, -0.2) is 17.1 Å². The lowest BCUT2D eigenvalue weighted by Gasteiger charge is -2.05. The number of aromatic amines is 1. The first-order valence-electron chi connectivity index (χ1n) is 6.07. The number of hydrogen-bond acceptors (Lipinski definition) is 3. The van der Waals surface area contributed by atoms with Gasteiger partial charge in [-0.15, -0.1) is 0 Å². The van der Waals surface area contributed by atoms with Crippen molar-refractivity contribution < 1.29 is 4.74 Å². The quantitative estimate of drug-likeness (QED) is 0.690. The van der Waals surface area contributed by atoms with Crippen molar-refractivity contribution in [2.75, 3.05) is 12.8 Å². The van der Waals surface area contributed by atoms with E-state index >= 15 is 0 Å². The molecule has 0 fully saturated rings. The number of rotatable bonds is 2. The molecule has 3 aromatic rings. The molecule has 0 unspecified atom stereocenters. The Morgan fingerprint density at radius 2 is 2.00 bits per heavy atom. The van der Waals surface area contributed by atoms with Gasteiger partial charge >= 0.3 is 0 Å². The molecule has 0 amide bonds. The van der Waals surface area contributed by atoms with Gasteiger partial charge in [0.15, 0.2) is 0 Å². The van der Waals surface area contributed by atoms with Gasteiger partial charge in [-0.2, -0.15) is 0 Å². The summed E-state index contributed by atoms with van der Waals surface area (Å²) in [7, 11) is 1.67. The Bertz CT molecular complexity index is 746. The molecule has 0 aliphatic rings. The molecule has 0 atom stereocenters. The van der Waals surface area contributed by atoms with E-state index in [9.17, 15) is 0 Å². The Hall–Kier alpha value is -2.49. The smallest absolute Gasteiger partial charge is 0.138 e. The fourth-order valence-electron chi connectivity index (χ4n) is 2.13. The summed E-state index contributed by atoms with van der Waals surface area (Å²) in [6.07, 6.45) is 0. The van der Waals surface area contributed by atoms with E-state index < -0.39 is 0 Å². The summed E-state index contributed by atoms with van der Waals surface area (Å²) in [5.41, 5.74) is 10.4. The predicted octanol–water partition coefficient (Wildman–Crippen LogP) is 3.13. The summed E-state index contributed by atoms with van der Waals surface area (Å²) < 4.78 is 5.34. The monoisotopic (exact) mass is 253 g/mol. The number of aromatic nitrogens is 2. The zero-order chi connectivity index (χ0) is 13.4. The molecule has 19 heavy (non-hydrogen) atoms. The van der Waals surface area contributed by atoms with Crippen LogP contribution < -0.4 is 10.5 Å². The van der Waals surface area contributed by atoms with Crippen molar-refractivity contribution in [3.8, 4) is 17.1 Å². The molecule has 1 heterocycles. The van der Waals surface area contributed by atoms with Gasteiger partial charge in [0.05, 0.1) is 18.1 Å². The first-order chi connectivity index (χ1) is 9.17.